The number of ether oxygens (including phenoxy) is 2. The Kier molecular flexibility index (Phi) is 5.52. The third kappa shape index (κ3) is 4.63. The van der Waals surface area contributed by atoms with Crippen LogP contribution in [-0.4, -0.2) is 26.2 Å². The number of hydrogen-bond acceptors (Lipinski definition) is 5. The minimum absolute atomic E-state index is 0.0288. The van der Waals surface area contributed by atoms with Gasteiger partial charge in [-0.1, -0.05) is 39.0 Å². The lowest BCUT2D eigenvalue weighted by Crippen LogP contribution is -2.19. The van der Waals surface area contributed by atoms with Crippen LogP contribution in [0.2, 0.25) is 0 Å². The van der Waals surface area contributed by atoms with Crippen LogP contribution in [-0.2, 0) is 24.5 Å². The van der Waals surface area contributed by atoms with E-state index in [1.54, 1.807) is 0 Å². The van der Waals surface area contributed by atoms with Gasteiger partial charge >= 0.3 is 11.9 Å². The predicted molar refractivity (Wildman–Crippen MR) is 80.9 cm³/mol. The summed E-state index contributed by atoms with van der Waals surface area (Å²) in [6.45, 7) is 6.19. The molecule has 0 heterocycles. The molecule has 0 aliphatic carbocycles. The second-order valence-corrected chi connectivity index (χ2v) is 5.49. The summed E-state index contributed by atoms with van der Waals surface area (Å²) < 4.78 is 9.23. The van der Waals surface area contributed by atoms with Crippen molar-refractivity contribution in [2.45, 2.75) is 26.2 Å². The first-order valence-electron chi connectivity index (χ1n) is 6.54. The molecule has 114 valence electrons. The third-order valence-electron chi connectivity index (χ3n) is 2.87. The lowest BCUT2D eigenvalue weighted by Gasteiger charge is -2.23. The summed E-state index contributed by atoms with van der Waals surface area (Å²) in [4.78, 5) is 23.1. The Morgan fingerprint density at radius 1 is 1.10 bits per heavy atom. The Bertz CT molecular complexity index is 556. The summed E-state index contributed by atoms with van der Waals surface area (Å²) in [6.07, 6.45) is 1.07. The Balaban J connectivity index is 3.19. The van der Waals surface area contributed by atoms with Crippen LogP contribution in [0, 0.1) is 0 Å². The molecule has 0 bridgehead atoms. The number of rotatable bonds is 4. The molecular weight excluding hydrogens is 270 g/mol. The number of carbonyl (C=O) groups is 2. The van der Waals surface area contributed by atoms with E-state index in [-0.39, 0.29) is 11.1 Å². The van der Waals surface area contributed by atoms with E-state index < -0.39 is 11.9 Å². The lowest BCUT2D eigenvalue weighted by molar-refractivity contribution is -0.138. The molecular formula is C16H21NO4. The van der Waals surface area contributed by atoms with Gasteiger partial charge in [-0.15, -0.1) is 0 Å². The maximum absolute atomic E-state index is 11.8. The van der Waals surface area contributed by atoms with Crippen LogP contribution in [0.5, 0.6) is 0 Å². The van der Waals surface area contributed by atoms with E-state index >= 15 is 0 Å². The average molecular weight is 291 g/mol. The van der Waals surface area contributed by atoms with Crippen molar-refractivity contribution in [1.29, 1.82) is 0 Å². The SMILES string of the molecule is COC(=O)/C=C(/Nc1ccccc1C(C)(C)C)C(=O)OC. The Hall–Kier alpha value is -2.30. The van der Waals surface area contributed by atoms with Gasteiger partial charge in [0.05, 0.1) is 20.3 Å². The minimum Gasteiger partial charge on any atom is -0.466 e. The van der Waals surface area contributed by atoms with Crippen molar-refractivity contribution in [2.24, 2.45) is 0 Å². The van der Waals surface area contributed by atoms with Gasteiger partial charge in [-0.05, 0) is 17.0 Å². The van der Waals surface area contributed by atoms with Gasteiger partial charge in [-0.25, -0.2) is 9.59 Å². The van der Waals surface area contributed by atoms with Crippen molar-refractivity contribution in [3.63, 3.8) is 0 Å². The van der Waals surface area contributed by atoms with E-state index in [0.717, 1.165) is 17.3 Å². The number of anilines is 1. The summed E-state index contributed by atoms with van der Waals surface area (Å²) in [5.74, 6) is -1.26. The van der Waals surface area contributed by atoms with Crippen molar-refractivity contribution in [3.05, 3.63) is 41.6 Å². The highest BCUT2D eigenvalue weighted by atomic mass is 16.5. The van der Waals surface area contributed by atoms with Gasteiger partial charge in [-0.3, -0.25) is 0 Å². The maximum atomic E-state index is 11.8. The van der Waals surface area contributed by atoms with Crippen LogP contribution in [0.4, 0.5) is 5.69 Å². The molecule has 5 nitrogen and oxygen atoms in total. The number of hydrogen-bond donors (Lipinski definition) is 1. The van der Waals surface area contributed by atoms with E-state index in [1.165, 1.54) is 14.2 Å². The summed E-state index contributed by atoms with van der Waals surface area (Å²) in [7, 11) is 2.50. The number of carbonyl (C=O) groups excluding carboxylic acids is 2. The summed E-state index contributed by atoms with van der Waals surface area (Å²) in [5.41, 5.74) is 1.67. The van der Waals surface area contributed by atoms with E-state index in [0.29, 0.717) is 0 Å². The van der Waals surface area contributed by atoms with Crippen molar-refractivity contribution in [1.82, 2.24) is 0 Å². The standard InChI is InChI=1S/C16H21NO4/c1-16(2,3)11-8-6-7-9-12(11)17-13(15(19)21-5)10-14(18)20-4/h6-10,17H,1-5H3/b13-10+. The van der Waals surface area contributed by atoms with Gasteiger partial charge in [0.1, 0.15) is 5.70 Å². The zero-order valence-electron chi connectivity index (χ0n) is 13.0. The Labute approximate surface area is 124 Å². The minimum atomic E-state index is -0.635. The zero-order chi connectivity index (χ0) is 16.0. The molecule has 0 aromatic heterocycles. The highest BCUT2D eigenvalue weighted by Crippen LogP contribution is 2.30. The van der Waals surface area contributed by atoms with E-state index in [2.05, 4.69) is 35.6 Å². The number of para-hydroxylation sites is 1. The van der Waals surface area contributed by atoms with E-state index in [4.69, 9.17) is 0 Å². The molecule has 0 amide bonds. The number of esters is 2. The van der Waals surface area contributed by atoms with Crippen molar-refractivity contribution in [2.75, 3.05) is 19.5 Å². The second-order valence-electron chi connectivity index (χ2n) is 5.49. The molecule has 0 aliphatic heterocycles. The van der Waals surface area contributed by atoms with E-state index in [1.807, 2.05) is 24.3 Å². The van der Waals surface area contributed by atoms with Gasteiger partial charge in [0.2, 0.25) is 0 Å². The third-order valence-corrected chi connectivity index (χ3v) is 2.87. The molecule has 0 saturated heterocycles. The zero-order valence-corrected chi connectivity index (χ0v) is 13.0. The molecule has 0 aliphatic rings. The summed E-state index contributed by atoms with van der Waals surface area (Å²) in [6, 6.07) is 7.59. The van der Waals surface area contributed by atoms with Crippen molar-refractivity contribution in [3.8, 4) is 0 Å². The smallest absolute Gasteiger partial charge is 0.354 e. The van der Waals surface area contributed by atoms with Crippen molar-refractivity contribution < 1.29 is 19.1 Å². The highest BCUT2D eigenvalue weighted by molar-refractivity contribution is 5.98. The van der Waals surface area contributed by atoms with Crippen LogP contribution in [0.25, 0.3) is 0 Å². The quantitative estimate of drug-likeness (QED) is 0.682. The molecule has 1 rings (SSSR count). The number of nitrogens with one attached hydrogen (secondary N) is 1. The molecule has 1 aromatic carbocycles. The second kappa shape index (κ2) is 6.92. The van der Waals surface area contributed by atoms with E-state index in [9.17, 15) is 9.59 Å². The first-order valence-corrected chi connectivity index (χ1v) is 6.54. The fraction of sp³-hybridized carbons (Fsp3) is 0.375. The largest absolute Gasteiger partial charge is 0.466 e. The Morgan fingerprint density at radius 2 is 1.71 bits per heavy atom. The van der Waals surface area contributed by atoms with Gasteiger partial charge in [0.15, 0.2) is 0 Å². The normalized spacial score (nSPS) is 11.8. The van der Waals surface area contributed by atoms with Gasteiger partial charge in [0, 0.05) is 5.69 Å². The number of benzene rings is 1. The van der Waals surface area contributed by atoms with Crippen LogP contribution >= 0.6 is 0 Å². The fourth-order valence-corrected chi connectivity index (χ4v) is 1.82. The van der Waals surface area contributed by atoms with Gasteiger partial charge < -0.3 is 14.8 Å². The molecule has 0 fully saturated rings. The molecule has 0 spiro atoms. The monoisotopic (exact) mass is 291 g/mol. The lowest BCUT2D eigenvalue weighted by atomic mass is 9.86. The average Bonchev–Trinajstić information content (AvgIpc) is 2.44. The molecule has 1 N–H and O–H groups in total. The van der Waals surface area contributed by atoms with Crippen LogP contribution in [0.1, 0.15) is 26.3 Å². The summed E-state index contributed by atoms with van der Waals surface area (Å²) in [5, 5.41) is 2.96. The summed E-state index contributed by atoms with van der Waals surface area (Å²) >= 11 is 0. The fourth-order valence-electron chi connectivity index (χ4n) is 1.82. The first kappa shape index (κ1) is 16.8. The van der Waals surface area contributed by atoms with Crippen LogP contribution in [0.3, 0.4) is 0 Å². The van der Waals surface area contributed by atoms with Crippen LogP contribution < -0.4 is 5.32 Å². The highest BCUT2D eigenvalue weighted by Gasteiger charge is 2.20. The predicted octanol–water partition coefficient (Wildman–Crippen LogP) is 2.63. The number of methoxy groups -OCH3 is 2. The topological polar surface area (TPSA) is 64.6 Å². The molecule has 5 heteroatoms. The van der Waals surface area contributed by atoms with Crippen LogP contribution in [0.15, 0.2) is 36.0 Å². The van der Waals surface area contributed by atoms with Gasteiger partial charge in [-0.2, -0.15) is 0 Å². The molecule has 0 unspecified atom stereocenters. The molecule has 21 heavy (non-hydrogen) atoms. The molecule has 0 saturated carbocycles. The maximum Gasteiger partial charge on any atom is 0.354 e. The molecule has 0 radical (unpaired) electrons. The Morgan fingerprint density at radius 3 is 2.24 bits per heavy atom. The first-order chi connectivity index (χ1) is 9.79. The van der Waals surface area contributed by atoms with Gasteiger partial charge in [0.25, 0.3) is 0 Å². The molecule has 0 atom stereocenters. The molecule has 1 aromatic rings. The van der Waals surface area contributed by atoms with Crippen molar-refractivity contribution >= 4 is 17.6 Å².